The van der Waals surface area contributed by atoms with Crippen LogP contribution in [0.1, 0.15) is 32.9 Å². The zero-order chi connectivity index (χ0) is 23.8. The number of rotatable bonds is 6. The van der Waals surface area contributed by atoms with Crippen LogP contribution in [0.25, 0.3) is 22.3 Å². The van der Waals surface area contributed by atoms with Gasteiger partial charge in [0.05, 0.1) is 16.8 Å². The lowest BCUT2D eigenvalue weighted by molar-refractivity contribution is 0.100. The van der Waals surface area contributed by atoms with E-state index < -0.39 is 13.0 Å². The van der Waals surface area contributed by atoms with Crippen LogP contribution in [-0.2, 0) is 19.5 Å². The molecule has 7 N–H and O–H groups in total. The first-order valence-corrected chi connectivity index (χ1v) is 11.1. The molecule has 0 aliphatic carbocycles. The Bertz CT molecular complexity index is 1400. The summed E-state index contributed by atoms with van der Waals surface area (Å²) in [5, 5.41) is 26.6. The number of amides is 1. The van der Waals surface area contributed by atoms with Gasteiger partial charge >= 0.3 is 7.12 Å². The fraction of sp³-hybridized carbons (Fsp3) is 0.208. The molecule has 0 unspecified atom stereocenters. The third-order valence-electron chi connectivity index (χ3n) is 6.15. The van der Waals surface area contributed by atoms with E-state index in [0.29, 0.717) is 35.5 Å². The zero-order valence-corrected chi connectivity index (χ0v) is 18.7. The highest BCUT2D eigenvalue weighted by Gasteiger charge is 2.22. The van der Waals surface area contributed by atoms with Crippen molar-refractivity contribution in [2.75, 3.05) is 11.9 Å². The monoisotopic (exact) mass is 456 g/mol. The fourth-order valence-corrected chi connectivity index (χ4v) is 4.49. The zero-order valence-electron chi connectivity index (χ0n) is 18.7. The third-order valence-corrected chi connectivity index (χ3v) is 6.15. The Kier molecular flexibility index (Phi) is 5.78. The van der Waals surface area contributed by atoms with Gasteiger partial charge in [-0.05, 0) is 24.0 Å². The Morgan fingerprint density at radius 1 is 1.21 bits per heavy atom. The number of hydrogen-bond acceptors (Lipinski definition) is 7. The third kappa shape index (κ3) is 4.03. The van der Waals surface area contributed by atoms with Crippen molar-refractivity contribution >= 4 is 35.2 Å². The second-order valence-electron chi connectivity index (χ2n) is 8.44. The Morgan fingerprint density at radius 3 is 2.82 bits per heavy atom. The van der Waals surface area contributed by atoms with Crippen LogP contribution in [0, 0.1) is 6.92 Å². The minimum Gasteiger partial charge on any atom is -0.423 e. The van der Waals surface area contributed by atoms with Crippen LogP contribution in [0.5, 0.6) is 0 Å². The molecule has 0 atom stereocenters. The highest BCUT2D eigenvalue weighted by atomic mass is 16.4. The number of hydrogen-bond donors (Lipinski definition) is 6. The minimum atomic E-state index is -1.52. The van der Waals surface area contributed by atoms with E-state index in [1.54, 1.807) is 24.3 Å². The maximum atomic E-state index is 11.9. The molecule has 0 spiro atoms. The molecule has 0 radical (unpaired) electrons. The lowest BCUT2D eigenvalue weighted by Gasteiger charge is -2.21. The molecule has 172 valence electrons. The summed E-state index contributed by atoms with van der Waals surface area (Å²) in [7, 11) is -1.52. The molecule has 5 rings (SSSR count). The van der Waals surface area contributed by atoms with Gasteiger partial charge in [0.2, 0.25) is 0 Å². The summed E-state index contributed by atoms with van der Waals surface area (Å²) in [6.45, 7) is 3.88. The largest absolute Gasteiger partial charge is 0.488 e. The number of benzene rings is 2. The first-order chi connectivity index (χ1) is 16.4. The first-order valence-electron chi connectivity index (χ1n) is 11.1. The van der Waals surface area contributed by atoms with Crippen molar-refractivity contribution in [1.82, 2.24) is 20.3 Å². The Hall–Kier alpha value is -3.73. The standard InChI is InChI=1S/C24H25BN6O3/c1-13-20(16-6-3-7-17(22(26)32)21(16)29-13)24-30-19-8-9-27-12-18(19)23(31-24)28-11-14-4-2-5-15(10-14)25(33)34/h2-7,10,27,29,33-34H,8-9,11-12H2,1H3,(H2,26,32)(H,28,30,31). The van der Waals surface area contributed by atoms with E-state index in [9.17, 15) is 14.8 Å². The van der Waals surface area contributed by atoms with Gasteiger partial charge in [0.1, 0.15) is 5.82 Å². The fourth-order valence-electron chi connectivity index (χ4n) is 4.49. The Morgan fingerprint density at radius 2 is 2.03 bits per heavy atom. The van der Waals surface area contributed by atoms with Gasteiger partial charge in [0, 0.05) is 48.3 Å². The number of nitrogens with one attached hydrogen (secondary N) is 3. The number of carbonyl (C=O) groups is 1. The molecule has 1 aliphatic heterocycles. The predicted octanol–water partition coefficient (Wildman–Crippen LogP) is 0.970. The number of primary amides is 1. The minimum absolute atomic E-state index is 0.429. The van der Waals surface area contributed by atoms with Gasteiger partial charge in [-0.1, -0.05) is 36.4 Å². The van der Waals surface area contributed by atoms with Gasteiger partial charge in [-0.2, -0.15) is 0 Å². The molecule has 0 fully saturated rings. The number of aromatic nitrogens is 3. The molecule has 2 aromatic heterocycles. The number of para-hydroxylation sites is 1. The molecule has 34 heavy (non-hydrogen) atoms. The second-order valence-corrected chi connectivity index (χ2v) is 8.44. The first kappa shape index (κ1) is 22.1. The quantitative estimate of drug-likeness (QED) is 0.237. The van der Waals surface area contributed by atoms with E-state index in [1.807, 2.05) is 25.1 Å². The van der Waals surface area contributed by atoms with Crippen molar-refractivity contribution in [2.45, 2.75) is 26.4 Å². The van der Waals surface area contributed by atoms with Crippen LogP contribution in [0.2, 0.25) is 0 Å². The molecule has 4 aromatic rings. The highest BCUT2D eigenvalue weighted by Crippen LogP contribution is 2.34. The maximum absolute atomic E-state index is 11.9. The molecule has 0 saturated carbocycles. The van der Waals surface area contributed by atoms with Crippen molar-refractivity contribution in [3.05, 3.63) is 70.5 Å². The SMILES string of the molecule is Cc1[nH]c2c(C(N)=O)cccc2c1-c1nc2c(c(NCc3cccc(B(O)O)c3)n1)CNCC2. The number of anilines is 1. The van der Waals surface area contributed by atoms with Crippen molar-refractivity contribution in [3.63, 3.8) is 0 Å². The average Bonchev–Trinajstić information content (AvgIpc) is 3.18. The molecule has 10 heteroatoms. The van der Waals surface area contributed by atoms with Gasteiger partial charge < -0.3 is 31.4 Å². The summed E-state index contributed by atoms with van der Waals surface area (Å²) in [5.74, 6) is 0.809. The van der Waals surface area contributed by atoms with Crippen molar-refractivity contribution in [2.24, 2.45) is 5.73 Å². The van der Waals surface area contributed by atoms with Crippen molar-refractivity contribution in [1.29, 1.82) is 0 Å². The smallest absolute Gasteiger partial charge is 0.423 e. The van der Waals surface area contributed by atoms with Gasteiger partial charge in [-0.25, -0.2) is 9.97 Å². The van der Waals surface area contributed by atoms with Gasteiger partial charge in [-0.15, -0.1) is 0 Å². The molecule has 3 heterocycles. The average molecular weight is 456 g/mol. The Balaban J connectivity index is 1.57. The van der Waals surface area contributed by atoms with Gasteiger partial charge in [0.25, 0.3) is 5.91 Å². The molecule has 1 amide bonds. The molecule has 2 aromatic carbocycles. The van der Waals surface area contributed by atoms with E-state index in [0.717, 1.165) is 52.2 Å². The van der Waals surface area contributed by atoms with Crippen LogP contribution in [0.3, 0.4) is 0 Å². The lowest BCUT2D eigenvalue weighted by atomic mass is 9.79. The topological polar surface area (TPSA) is 149 Å². The van der Waals surface area contributed by atoms with Crippen molar-refractivity contribution in [3.8, 4) is 11.4 Å². The molecule has 9 nitrogen and oxygen atoms in total. The van der Waals surface area contributed by atoms with Crippen molar-refractivity contribution < 1.29 is 14.8 Å². The molecule has 0 bridgehead atoms. The predicted molar refractivity (Wildman–Crippen MR) is 132 cm³/mol. The maximum Gasteiger partial charge on any atom is 0.488 e. The number of H-pyrrole nitrogens is 1. The van der Waals surface area contributed by atoms with Gasteiger partial charge in [-0.3, -0.25) is 4.79 Å². The van der Waals surface area contributed by atoms with Crippen LogP contribution in [0.15, 0.2) is 42.5 Å². The number of carbonyl (C=O) groups excluding carboxylic acids is 1. The van der Waals surface area contributed by atoms with E-state index in [-0.39, 0.29) is 0 Å². The number of nitrogens with two attached hydrogens (primary N) is 1. The van der Waals surface area contributed by atoms with Crippen LogP contribution in [-0.4, -0.2) is 44.6 Å². The normalized spacial score (nSPS) is 13.0. The summed E-state index contributed by atoms with van der Waals surface area (Å²) in [6.07, 6.45) is 0.777. The van der Waals surface area contributed by atoms with E-state index >= 15 is 0 Å². The van der Waals surface area contributed by atoms with Crippen LogP contribution in [0.4, 0.5) is 5.82 Å². The van der Waals surface area contributed by atoms with Crippen LogP contribution >= 0.6 is 0 Å². The van der Waals surface area contributed by atoms with E-state index in [1.165, 1.54) is 0 Å². The number of aryl methyl sites for hydroxylation is 1. The lowest BCUT2D eigenvalue weighted by Crippen LogP contribution is -2.30. The molecular formula is C24H25BN6O3. The number of aromatic amines is 1. The highest BCUT2D eigenvalue weighted by molar-refractivity contribution is 6.58. The molecular weight excluding hydrogens is 431 g/mol. The molecule has 0 saturated heterocycles. The molecule has 1 aliphatic rings. The summed E-state index contributed by atoms with van der Waals surface area (Å²) in [6, 6.07) is 12.6. The summed E-state index contributed by atoms with van der Waals surface area (Å²) in [4.78, 5) is 25.0. The van der Waals surface area contributed by atoms with Gasteiger partial charge in [0.15, 0.2) is 5.82 Å². The summed E-state index contributed by atoms with van der Waals surface area (Å²) < 4.78 is 0. The number of fused-ring (bicyclic) bond motifs is 2. The van der Waals surface area contributed by atoms with Crippen LogP contribution < -0.4 is 21.8 Å². The summed E-state index contributed by atoms with van der Waals surface area (Å²) >= 11 is 0. The van der Waals surface area contributed by atoms with E-state index in [2.05, 4.69) is 15.6 Å². The number of nitrogens with zero attached hydrogens (tertiary/aromatic N) is 2. The second kappa shape index (κ2) is 8.90. The van der Waals surface area contributed by atoms with E-state index in [4.69, 9.17) is 15.7 Å². The Labute approximate surface area is 196 Å². The summed E-state index contributed by atoms with van der Waals surface area (Å²) in [5.41, 5.74) is 11.7.